The van der Waals surface area contributed by atoms with Gasteiger partial charge in [0.2, 0.25) is 0 Å². The second kappa shape index (κ2) is 6.57. The monoisotopic (exact) mass is 247 g/mol. The zero-order valence-corrected chi connectivity index (χ0v) is 10.7. The summed E-state index contributed by atoms with van der Waals surface area (Å²) in [4.78, 5) is 2.33. The van der Waals surface area contributed by atoms with Gasteiger partial charge in [-0.15, -0.1) is 0 Å². The van der Waals surface area contributed by atoms with E-state index in [0.717, 1.165) is 25.3 Å². The van der Waals surface area contributed by atoms with E-state index < -0.39 is 0 Å². The van der Waals surface area contributed by atoms with Gasteiger partial charge >= 0.3 is 0 Å². The Balaban J connectivity index is 2.05. The molecule has 1 aromatic carbocycles. The van der Waals surface area contributed by atoms with Gasteiger partial charge in [-0.25, -0.2) is 0 Å². The Kier molecular flexibility index (Phi) is 4.79. The molecular weight excluding hydrogens is 226 g/mol. The number of hydrogen-bond donors (Lipinski definition) is 1. The van der Waals surface area contributed by atoms with Crippen LogP contribution in [0.25, 0.3) is 0 Å². The summed E-state index contributed by atoms with van der Waals surface area (Å²) in [5.41, 5.74) is 1.18. The van der Waals surface area contributed by atoms with Gasteiger partial charge in [0.05, 0.1) is 6.61 Å². The molecule has 0 aromatic heterocycles. The fourth-order valence-corrected chi connectivity index (χ4v) is 2.45. The van der Waals surface area contributed by atoms with Gasteiger partial charge in [0, 0.05) is 18.2 Å². The summed E-state index contributed by atoms with van der Waals surface area (Å²) < 4.78 is 5.66. The molecule has 0 unspecified atom stereocenters. The first-order valence-electron chi connectivity index (χ1n) is 6.51. The van der Waals surface area contributed by atoms with E-state index in [-0.39, 0.29) is 6.61 Å². The van der Waals surface area contributed by atoms with E-state index in [2.05, 4.69) is 17.5 Å². The third-order valence-electron chi connectivity index (χ3n) is 3.41. The Labute approximate surface area is 109 Å². The second-order valence-corrected chi connectivity index (χ2v) is 4.66. The molecule has 1 N–H and O–H groups in total. The molecule has 0 bridgehead atoms. The van der Waals surface area contributed by atoms with Crippen molar-refractivity contribution < 1.29 is 9.84 Å². The van der Waals surface area contributed by atoms with Crippen LogP contribution >= 0.6 is 0 Å². The molecule has 0 radical (unpaired) electrons. The maximum atomic E-state index is 9.34. The molecule has 18 heavy (non-hydrogen) atoms. The Hall–Kier alpha value is -1.32. The van der Waals surface area contributed by atoms with Gasteiger partial charge in [0.1, 0.15) is 12.4 Å². The number of para-hydroxylation sites is 1. The number of nitrogens with zero attached hydrogens (tertiary/aromatic N) is 1. The topological polar surface area (TPSA) is 32.7 Å². The molecule has 1 aliphatic rings. The van der Waals surface area contributed by atoms with Crippen LogP contribution in [0.3, 0.4) is 0 Å². The van der Waals surface area contributed by atoms with Gasteiger partial charge in [-0.3, -0.25) is 4.90 Å². The minimum Gasteiger partial charge on any atom is -0.489 e. The van der Waals surface area contributed by atoms with Crippen molar-refractivity contribution in [1.82, 2.24) is 4.90 Å². The third-order valence-corrected chi connectivity index (χ3v) is 3.41. The lowest BCUT2D eigenvalue weighted by atomic mass is 10.1. The first-order valence-corrected chi connectivity index (χ1v) is 6.51. The Morgan fingerprint density at radius 3 is 3.06 bits per heavy atom. The first-order chi connectivity index (χ1) is 8.85. The minimum atomic E-state index is 0.246. The summed E-state index contributed by atoms with van der Waals surface area (Å²) in [7, 11) is 0. The maximum Gasteiger partial charge on any atom is 0.124 e. The number of likely N-dealkylation sites (tertiary alicyclic amines) is 1. The smallest absolute Gasteiger partial charge is 0.124 e. The number of benzene rings is 1. The van der Waals surface area contributed by atoms with Gasteiger partial charge in [-0.2, -0.15) is 0 Å². The minimum absolute atomic E-state index is 0.246. The van der Waals surface area contributed by atoms with E-state index in [1.165, 1.54) is 12.0 Å². The van der Waals surface area contributed by atoms with Gasteiger partial charge in [0.15, 0.2) is 0 Å². The van der Waals surface area contributed by atoms with Crippen molar-refractivity contribution in [1.29, 1.82) is 0 Å². The molecule has 98 valence electrons. The van der Waals surface area contributed by atoms with Crippen LogP contribution in [-0.2, 0) is 6.54 Å². The van der Waals surface area contributed by atoms with Crippen LogP contribution in [0, 0.1) is 0 Å². The molecule has 1 aromatic rings. The van der Waals surface area contributed by atoms with Crippen molar-refractivity contribution in [2.24, 2.45) is 0 Å². The number of ether oxygens (including phenoxy) is 1. The summed E-state index contributed by atoms with van der Waals surface area (Å²) in [5, 5.41) is 9.34. The molecule has 0 amide bonds. The van der Waals surface area contributed by atoms with Gasteiger partial charge in [0.25, 0.3) is 0 Å². The zero-order valence-electron chi connectivity index (χ0n) is 10.7. The van der Waals surface area contributed by atoms with Crippen molar-refractivity contribution in [2.45, 2.75) is 25.4 Å². The fraction of sp³-hybridized carbons (Fsp3) is 0.467. The van der Waals surface area contributed by atoms with E-state index in [1.54, 1.807) is 6.08 Å². The van der Waals surface area contributed by atoms with E-state index in [4.69, 9.17) is 4.74 Å². The van der Waals surface area contributed by atoms with Crippen LogP contribution in [-0.4, -0.2) is 35.8 Å². The number of aliphatic hydroxyl groups is 1. The summed E-state index contributed by atoms with van der Waals surface area (Å²) in [6.45, 7) is 6.34. The number of aliphatic hydroxyl groups excluding tert-OH is 1. The average Bonchev–Trinajstić information content (AvgIpc) is 2.85. The van der Waals surface area contributed by atoms with Crippen LogP contribution in [0.4, 0.5) is 0 Å². The van der Waals surface area contributed by atoms with Crippen LogP contribution in [0.2, 0.25) is 0 Å². The predicted octanol–water partition coefficient (Wildman–Crippen LogP) is 2.21. The molecule has 0 aliphatic carbocycles. The molecule has 0 spiro atoms. The second-order valence-electron chi connectivity index (χ2n) is 4.66. The zero-order chi connectivity index (χ0) is 12.8. The molecule has 0 saturated carbocycles. The standard InChI is InChI=1S/C15H21NO2/c1-2-10-18-15-8-4-3-6-13(15)11-16-9-5-7-14(16)12-17/h2-4,6,8,14,17H,1,5,7,9-12H2/t14-/m0/s1. The van der Waals surface area contributed by atoms with E-state index in [9.17, 15) is 5.11 Å². The summed E-state index contributed by atoms with van der Waals surface area (Å²) in [5.74, 6) is 0.918. The van der Waals surface area contributed by atoms with E-state index >= 15 is 0 Å². The van der Waals surface area contributed by atoms with E-state index in [1.807, 2.05) is 18.2 Å². The number of rotatable bonds is 6. The van der Waals surface area contributed by atoms with Crippen molar-refractivity contribution in [3.63, 3.8) is 0 Å². The highest BCUT2D eigenvalue weighted by Gasteiger charge is 2.24. The number of hydrogen-bond acceptors (Lipinski definition) is 3. The van der Waals surface area contributed by atoms with E-state index in [0.29, 0.717) is 12.6 Å². The summed E-state index contributed by atoms with van der Waals surface area (Å²) in [6.07, 6.45) is 4.01. The van der Waals surface area contributed by atoms with Gasteiger partial charge < -0.3 is 9.84 Å². The average molecular weight is 247 g/mol. The Morgan fingerprint density at radius 2 is 2.28 bits per heavy atom. The molecule has 2 rings (SSSR count). The highest BCUT2D eigenvalue weighted by Crippen LogP contribution is 2.24. The lowest BCUT2D eigenvalue weighted by Crippen LogP contribution is -2.31. The molecule has 1 fully saturated rings. The Bertz CT molecular complexity index is 392. The maximum absolute atomic E-state index is 9.34. The van der Waals surface area contributed by atoms with Gasteiger partial charge in [-0.05, 0) is 25.5 Å². The van der Waals surface area contributed by atoms with Crippen molar-refractivity contribution in [3.05, 3.63) is 42.5 Å². The molecule has 3 nitrogen and oxygen atoms in total. The lowest BCUT2D eigenvalue weighted by Gasteiger charge is -2.23. The van der Waals surface area contributed by atoms with Crippen molar-refractivity contribution in [2.75, 3.05) is 19.8 Å². The summed E-state index contributed by atoms with van der Waals surface area (Å²) in [6, 6.07) is 8.39. The van der Waals surface area contributed by atoms with Crippen molar-refractivity contribution >= 4 is 0 Å². The van der Waals surface area contributed by atoms with Crippen molar-refractivity contribution in [3.8, 4) is 5.75 Å². The molecular formula is C15H21NO2. The highest BCUT2D eigenvalue weighted by molar-refractivity contribution is 5.33. The van der Waals surface area contributed by atoms with Crippen LogP contribution in [0.15, 0.2) is 36.9 Å². The highest BCUT2D eigenvalue weighted by atomic mass is 16.5. The normalized spacial score (nSPS) is 19.9. The first kappa shape index (κ1) is 13.1. The molecule has 1 heterocycles. The van der Waals surface area contributed by atoms with Crippen LogP contribution in [0.1, 0.15) is 18.4 Å². The molecule has 1 aliphatic heterocycles. The van der Waals surface area contributed by atoms with Crippen LogP contribution in [0.5, 0.6) is 5.75 Å². The summed E-state index contributed by atoms with van der Waals surface area (Å²) >= 11 is 0. The SMILES string of the molecule is C=CCOc1ccccc1CN1CCC[C@H]1CO. The molecule has 3 heteroatoms. The fourth-order valence-electron chi connectivity index (χ4n) is 2.45. The largest absolute Gasteiger partial charge is 0.489 e. The molecule has 1 saturated heterocycles. The lowest BCUT2D eigenvalue weighted by molar-refractivity contribution is 0.152. The predicted molar refractivity (Wildman–Crippen MR) is 72.7 cm³/mol. The molecule has 1 atom stereocenters. The van der Waals surface area contributed by atoms with Crippen LogP contribution < -0.4 is 4.74 Å². The van der Waals surface area contributed by atoms with Gasteiger partial charge in [-0.1, -0.05) is 30.9 Å². The third kappa shape index (κ3) is 3.12. The quantitative estimate of drug-likeness (QED) is 0.782. The Morgan fingerprint density at radius 1 is 1.44 bits per heavy atom.